The van der Waals surface area contributed by atoms with Crippen LogP contribution in [0.2, 0.25) is 5.02 Å². The summed E-state index contributed by atoms with van der Waals surface area (Å²) in [5.74, 6) is -1.77. The predicted octanol–water partition coefficient (Wildman–Crippen LogP) is 5.24. The van der Waals surface area contributed by atoms with Crippen molar-refractivity contribution >= 4 is 34.7 Å². The molecule has 0 atom stereocenters. The summed E-state index contributed by atoms with van der Waals surface area (Å²) < 4.78 is 40.8. The van der Waals surface area contributed by atoms with Crippen LogP contribution < -0.4 is 15.4 Å². The van der Waals surface area contributed by atoms with Crippen LogP contribution in [-0.2, 0) is 4.74 Å². The van der Waals surface area contributed by atoms with Gasteiger partial charge in [0, 0.05) is 43.4 Å². The summed E-state index contributed by atoms with van der Waals surface area (Å²) in [6.45, 7) is 2.00. The highest BCUT2D eigenvalue weighted by molar-refractivity contribution is 6.34. The number of hydrogen-bond acceptors (Lipinski definition) is 6. The third-order valence-electron chi connectivity index (χ3n) is 6.34. The maximum atomic E-state index is 14.7. The first kappa shape index (κ1) is 24.9. The summed E-state index contributed by atoms with van der Waals surface area (Å²) in [5.41, 5.74) is 1.71. The first-order valence-electron chi connectivity index (χ1n) is 11.7. The lowest BCUT2D eigenvalue weighted by atomic mass is 10.0. The molecule has 2 aromatic heterocycles. The summed E-state index contributed by atoms with van der Waals surface area (Å²) in [5, 5.41) is 6.36. The molecule has 5 rings (SSSR count). The second-order valence-corrected chi connectivity index (χ2v) is 9.05. The van der Waals surface area contributed by atoms with Crippen LogP contribution in [0, 0.1) is 17.6 Å². The topological polar surface area (TPSA) is 89.8 Å². The Hall–Kier alpha value is -3.76. The zero-order valence-electron chi connectivity index (χ0n) is 19.9. The van der Waals surface area contributed by atoms with Crippen LogP contribution in [0.3, 0.4) is 0 Å². The number of ether oxygens (including phenoxy) is 2. The lowest BCUT2D eigenvalue weighted by molar-refractivity contribution is 0.0642. The van der Waals surface area contributed by atoms with Gasteiger partial charge in [-0.2, -0.15) is 4.39 Å². The Bertz CT molecular complexity index is 1460. The van der Waals surface area contributed by atoms with Gasteiger partial charge >= 0.3 is 0 Å². The molecule has 1 aliphatic rings. The Morgan fingerprint density at radius 1 is 1.19 bits per heavy atom. The minimum atomic E-state index is -1.08. The Labute approximate surface area is 216 Å². The summed E-state index contributed by atoms with van der Waals surface area (Å²) in [7, 11) is 1.27. The second kappa shape index (κ2) is 10.7. The van der Waals surface area contributed by atoms with Crippen molar-refractivity contribution in [1.29, 1.82) is 0 Å². The Balaban J connectivity index is 1.35. The number of anilines is 2. The SMILES string of the molecule is COc1ccc(-c2cnc3c(Nc4ccc(C(=O)NCC5CCOCC5)c(Cl)c4)nccn23)c(F)c1F. The van der Waals surface area contributed by atoms with E-state index in [1.54, 1.807) is 28.8 Å². The van der Waals surface area contributed by atoms with Crippen LogP contribution in [-0.4, -0.2) is 47.1 Å². The molecule has 0 saturated carbocycles. The van der Waals surface area contributed by atoms with Crippen molar-refractivity contribution in [3.8, 4) is 17.0 Å². The van der Waals surface area contributed by atoms with E-state index in [2.05, 4.69) is 20.6 Å². The van der Waals surface area contributed by atoms with Gasteiger partial charge in [0.15, 0.2) is 23.0 Å². The number of amides is 1. The van der Waals surface area contributed by atoms with Gasteiger partial charge in [0.05, 0.1) is 29.6 Å². The third kappa shape index (κ3) is 5.07. The maximum absolute atomic E-state index is 14.7. The number of methoxy groups -OCH3 is 1. The third-order valence-corrected chi connectivity index (χ3v) is 6.65. The van der Waals surface area contributed by atoms with Crippen molar-refractivity contribution in [2.24, 2.45) is 5.92 Å². The van der Waals surface area contributed by atoms with Crippen LogP contribution in [0.1, 0.15) is 23.2 Å². The van der Waals surface area contributed by atoms with Crippen molar-refractivity contribution in [2.45, 2.75) is 12.8 Å². The lowest BCUT2D eigenvalue weighted by Gasteiger charge is -2.22. The molecule has 4 aromatic rings. The Kier molecular flexibility index (Phi) is 7.20. The molecule has 192 valence electrons. The first-order chi connectivity index (χ1) is 18.0. The number of carbonyl (C=O) groups excluding carboxylic acids is 1. The van der Waals surface area contributed by atoms with Gasteiger partial charge in [-0.25, -0.2) is 14.4 Å². The Morgan fingerprint density at radius 3 is 2.76 bits per heavy atom. The number of fused-ring (bicyclic) bond motifs is 1. The molecule has 0 spiro atoms. The molecule has 0 radical (unpaired) electrons. The number of rotatable bonds is 7. The molecular weight excluding hydrogens is 504 g/mol. The molecule has 0 unspecified atom stereocenters. The molecule has 0 bridgehead atoms. The van der Waals surface area contributed by atoms with E-state index in [1.807, 2.05) is 0 Å². The quantitative estimate of drug-likeness (QED) is 0.342. The standard InChI is InChI=1S/C26H24ClF2N5O3/c1-36-21-5-4-18(22(28)23(21)29)20-14-31-25-24(30-8-9-34(20)25)33-16-2-3-17(19(27)12-16)26(35)32-13-15-6-10-37-11-7-15/h2-5,8-9,12,14-15H,6-7,10-11,13H2,1H3,(H,30,33)(H,32,35). The van der Waals surface area contributed by atoms with Crippen LogP contribution in [0.4, 0.5) is 20.3 Å². The van der Waals surface area contributed by atoms with E-state index in [9.17, 15) is 13.6 Å². The van der Waals surface area contributed by atoms with E-state index in [-0.39, 0.29) is 22.2 Å². The minimum absolute atomic E-state index is 0.0297. The van der Waals surface area contributed by atoms with E-state index in [0.29, 0.717) is 54.1 Å². The minimum Gasteiger partial charge on any atom is -0.494 e. The van der Waals surface area contributed by atoms with E-state index in [1.165, 1.54) is 31.6 Å². The van der Waals surface area contributed by atoms with Crippen LogP contribution in [0.15, 0.2) is 48.9 Å². The number of nitrogens with one attached hydrogen (secondary N) is 2. The smallest absolute Gasteiger partial charge is 0.252 e. The molecule has 2 N–H and O–H groups in total. The predicted molar refractivity (Wildman–Crippen MR) is 136 cm³/mol. The van der Waals surface area contributed by atoms with Crippen molar-refractivity contribution in [3.63, 3.8) is 0 Å². The van der Waals surface area contributed by atoms with Crippen LogP contribution in [0.25, 0.3) is 16.9 Å². The van der Waals surface area contributed by atoms with Gasteiger partial charge in [0.25, 0.3) is 5.91 Å². The monoisotopic (exact) mass is 527 g/mol. The van der Waals surface area contributed by atoms with E-state index in [4.69, 9.17) is 21.1 Å². The number of carbonyl (C=O) groups is 1. The van der Waals surface area contributed by atoms with Crippen LogP contribution in [0.5, 0.6) is 5.75 Å². The number of imidazole rings is 1. The second-order valence-electron chi connectivity index (χ2n) is 8.64. The Morgan fingerprint density at radius 2 is 2.00 bits per heavy atom. The highest BCUT2D eigenvalue weighted by atomic mass is 35.5. The average molecular weight is 528 g/mol. The molecule has 37 heavy (non-hydrogen) atoms. The summed E-state index contributed by atoms with van der Waals surface area (Å²) in [4.78, 5) is 21.3. The molecule has 11 heteroatoms. The van der Waals surface area contributed by atoms with Gasteiger partial charge in [-0.05, 0) is 49.1 Å². The van der Waals surface area contributed by atoms with Gasteiger partial charge in [-0.1, -0.05) is 11.6 Å². The van der Waals surface area contributed by atoms with Gasteiger partial charge in [0.2, 0.25) is 5.82 Å². The summed E-state index contributed by atoms with van der Waals surface area (Å²) in [6.07, 6.45) is 6.39. The van der Waals surface area contributed by atoms with Gasteiger partial charge in [0.1, 0.15) is 0 Å². The fraction of sp³-hybridized carbons (Fsp3) is 0.269. The number of nitrogens with zero attached hydrogens (tertiary/aromatic N) is 3. The first-order valence-corrected chi connectivity index (χ1v) is 12.1. The van der Waals surface area contributed by atoms with Gasteiger partial charge in [-0.3, -0.25) is 9.20 Å². The normalized spacial score (nSPS) is 14.1. The van der Waals surface area contributed by atoms with Crippen LogP contribution >= 0.6 is 11.6 Å². The van der Waals surface area contributed by atoms with Crippen molar-refractivity contribution in [2.75, 3.05) is 32.2 Å². The number of halogens is 3. The average Bonchev–Trinajstić information content (AvgIpc) is 3.34. The molecule has 1 saturated heterocycles. The number of hydrogen-bond donors (Lipinski definition) is 2. The van der Waals surface area contributed by atoms with Gasteiger partial charge in [-0.15, -0.1) is 0 Å². The molecule has 1 aliphatic heterocycles. The highest BCUT2D eigenvalue weighted by Crippen LogP contribution is 2.32. The lowest BCUT2D eigenvalue weighted by Crippen LogP contribution is -2.32. The molecular formula is C26H24ClF2N5O3. The van der Waals surface area contributed by atoms with E-state index in [0.717, 1.165) is 12.8 Å². The largest absolute Gasteiger partial charge is 0.494 e. The van der Waals surface area contributed by atoms with Crippen molar-refractivity contribution < 1.29 is 23.0 Å². The fourth-order valence-electron chi connectivity index (χ4n) is 4.29. The molecule has 1 amide bonds. The fourth-order valence-corrected chi connectivity index (χ4v) is 4.56. The molecule has 1 fully saturated rings. The van der Waals surface area contributed by atoms with Crippen molar-refractivity contribution in [1.82, 2.24) is 19.7 Å². The van der Waals surface area contributed by atoms with E-state index >= 15 is 0 Å². The summed E-state index contributed by atoms with van der Waals surface area (Å²) >= 11 is 6.42. The highest BCUT2D eigenvalue weighted by Gasteiger charge is 2.20. The zero-order valence-corrected chi connectivity index (χ0v) is 20.7. The zero-order chi connectivity index (χ0) is 25.9. The van der Waals surface area contributed by atoms with Gasteiger partial charge < -0.3 is 20.1 Å². The van der Waals surface area contributed by atoms with E-state index < -0.39 is 11.6 Å². The number of aromatic nitrogens is 3. The summed E-state index contributed by atoms with van der Waals surface area (Å²) in [6, 6.07) is 7.76. The maximum Gasteiger partial charge on any atom is 0.252 e. The molecule has 0 aliphatic carbocycles. The van der Waals surface area contributed by atoms with Crippen molar-refractivity contribution in [3.05, 3.63) is 71.1 Å². The molecule has 2 aromatic carbocycles. The molecule has 8 nitrogen and oxygen atoms in total. The molecule has 3 heterocycles. The number of benzene rings is 2.